The van der Waals surface area contributed by atoms with E-state index in [1.165, 1.54) is 11.8 Å². The Balaban J connectivity index is 1.39. The van der Waals surface area contributed by atoms with Gasteiger partial charge in [-0.2, -0.15) is 0 Å². The summed E-state index contributed by atoms with van der Waals surface area (Å²) < 4.78 is 15.1. The van der Waals surface area contributed by atoms with Gasteiger partial charge in [-0.15, -0.1) is 0 Å². The van der Waals surface area contributed by atoms with Crippen molar-refractivity contribution < 1.29 is 14.3 Å². The topological polar surface area (TPSA) is 78.6 Å². The minimum atomic E-state index is -0.530. The lowest BCUT2D eigenvalue weighted by Crippen LogP contribution is -2.40. The van der Waals surface area contributed by atoms with Gasteiger partial charge in [-0.05, 0) is 51.1 Å². The number of pyridine rings is 2. The maximum atomic E-state index is 12.9. The summed E-state index contributed by atoms with van der Waals surface area (Å²) in [5.74, 6) is 0.500. The highest BCUT2D eigenvalue weighted by atomic mass is 16.6. The molecule has 0 N–H and O–H groups in total. The van der Waals surface area contributed by atoms with Crippen LogP contribution in [0.25, 0.3) is 16.6 Å². The van der Waals surface area contributed by atoms with Gasteiger partial charge in [0.2, 0.25) is 0 Å². The van der Waals surface area contributed by atoms with Gasteiger partial charge in [-0.25, -0.2) is 4.79 Å². The molecule has 1 aliphatic rings. The summed E-state index contributed by atoms with van der Waals surface area (Å²) in [6.45, 7) is 7.04. The molecule has 0 saturated carbocycles. The fourth-order valence-corrected chi connectivity index (χ4v) is 4.60. The zero-order valence-electron chi connectivity index (χ0n) is 21.0. The lowest BCUT2D eigenvalue weighted by atomic mass is 10.0. The van der Waals surface area contributed by atoms with Crippen LogP contribution >= 0.6 is 0 Å². The summed E-state index contributed by atoms with van der Waals surface area (Å²) in [6, 6.07) is 14.9. The molecule has 3 aromatic heterocycles. The van der Waals surface area contributed by atoms with Crippen LogP contribution in [0.5, 0.6) is 5.75 Å². The number of ether oxygens (including phenoxy) is 2. The van der Waals surface area contributed by atoms with Gasteiger partial charge in [0, 0.05) is 55.1 Å². The number of fused-ring (bicyclic) bond motifs is 3. The second-order valence-corrected chi connectivity index (χ2v) is 10.0. The fourth-order valence-electron chi connectivity index (χ4n) is 4.60. The van der Waals surface area contributed by atoms with Crippen LogP contribution in [-0.4, -0.2) is 37.3 Å². The molecule has 0 saturated heterocycles. The predicted octanol–water partition coefficient (Wildman–Crippen LogP) is 4.60. The van der Waals surface area contributed by atoms with Gasteiger partial charge in [0.05, 0.1) is 23.4 Å². The number of rotatable bonds is 4. The van der Waals surface area contributed by atoms with E-state index in [4.69, 9.17) is 9.47 Å². The molecule has 0 radical (unpaired) electrons. The van der Waals surface area contributed by atoms with Crippen LogP contribution in [0.2, 0.25) is 0 Å². The lowest BCUT2D eigenvalue weighted by Gasteiger charge is -2.30. The fraction of sp³-hybridized carbons (Fsp3) is 0.321. The molecule has 1 aromatic carbocycles. The molecule has 0 fully saturated rings. The zero-order chi connectivity index (χ0) is 25.4. The number of hydrogen-bond acceptors (Lipinski definition) is 5. The van der Waals surface area contributed by atoms with Crippen molar-refractivity contribution in [3.05, 3.63) is 88.2 Å². The molecule has 4 heterocycles. The number of carbonyl (C=O) groups is 1. The van der Waals surface area contributed by atoms with E-state index in [9.17, 15) is 9.59 Å². The molecule has 0 atom stereocenters. The number of benzene rings is 1. The van der Waals surface area contributed by atoms with Gasteiger partial charge in [0.15, 0.2) is 0 Å². The number of nitrogens with zero attached hydrogens (tertiary/aromatic N) is 4. The first kappa shape index (κ1) is 23.7. The third-order valence-electron chi connectivity index (χ3n) is 6.32. The van der Waals surface area contributed by atoms with E-state index in [0.717, 1.165) is 34.3 Å². The largest absolute Gasteiger partial charge is 0.487 e. The molecule has 0 aliphatic carbocycles. The highest BCUT2D eigenvalue weighted by molar-refractivity contribution is 5.88. The molecule has 4 aromatic rings. The van der Waals surface area contributed by atoms with Gasteiger partial charge >= 0.3 is 6.09 Å². The Morgan fingerprint density at radius 1 is 1.11 bits per heavy atom. The van der Waals surface area contributed by atoms with Gasteiger partial charge in [0.25, 0.3) is 5.56 Å². The molecule has 0 bridgehead atoms. The quantitative estimate of drug-likeness (QED) is 0.421. The number of carbonyl (C=O) groups excluding carboxylic acids is 1. The molecule has 1 amide bonds. The SMILES string of the molecule is Cn1c2c(c3ccc(-n4ccc(OCc5ccccn5)cc4=O)cc31)CN(C(=O)OC(C)(C)C)CC2. The Kier molecular flexibility index (Phi) is 6.04. The summed E-state index contributed by atoms with van der Waals surface area (Å²) in [7, 11) is 2.03. The smallest absolute Gasteiger partial charge is 0.410 e. The highest BCUT2D eigenvalue weighted by Crippen LogP contribution is 2.32. The monoisotopic (exact) mass is 486 g/mol. The first-order valence-electron chi connectivity index (χ1n) is 12.0. The van der Waals surface area contributed by atoms with Crippen LogP contribution in [0.15, 0.2) is 65.7 Å². The summed E-state index contributed by atoms with van der Waals surface area (Å²) in [5.41, 5.74) is 4.20. The van der Waals surface area contributed by atoms with Crippen molar-refractivity contribution in [1.82, 2.24) is 19.0 Å². The van der Waals surface area contributed by atoms with Gasteiger partial charge < -0.3 is 18.9 Å². The van der Waals surface area contributed by atoms with Gasteiger partial charge in [-0.3, -0.25) is 14.3 Å². The van der Waals surface area contributed by atoms with E-state index < -0.39 is 5.60 Å². The average molecular weight is 487 g/mol. The molecule has 8 heteroatoms. The summed E-state index contributed by atoms with van der Waals surface area (Å²) in [6.07, 6.45) is 3.89. The van der Waals surface area contributed by atoms with Crippen molar-refractivity contribution in [2.24, 2.45) is 7.05 Å². The zero-order valence-corrected chi connectivity index (χ0v) is 21.0. The van der Waals surface area contributed by atoms with E-state index in [1.807, 2.05) is 64.2 Å². The first-order valence-corrected chi connectivity index (χ1v) is 12.0. The molecule has 5 rings (SSSR count). The number of aryl methyl sites for hydroxylation is 1. The second kappa shape index (κ2) is 9.18. The van der Waals surface area contributed by atoms with E-state index in [0.29, 0.717) is 25.4 Å². The van der Waals surface area contributed by atoms with Crippen molar-refractivity contribution in [3.8, 4) is 11.4 Å². The summed E-state index contributed by atoms with van der Waals surface area (Å²) in [5, 5.41) is 1.08. The van der Waals surface area contributed by atoms with Crippen LogP contribution in [0.1, 0.15) is 37.7 Å². The molecule has 186 valence electrons. The highest BCUT2D eigenvalue weighted by Gasteiger charge is 2.29. The average Bonchev–Trinajstić information content (AvgIpc) is 3.13. The van der Waals surface area contributed by atoms with E-state index >= 15 is 0 Å². The van der Waals surface area contributed by atoms with Crippen LogP contribution in [-0.2, 0) is 31.4 Å². The number of hydrogen-bond donors (Lipinski definition) is 0. The van der Waals surface area contributed by atoms with E-state index in [-0.39, 0.29) is 11.7 Å². The Labute approximate surface area is 209 Å². The number of aromatic nitrogens is 3. The van der Waals surface area contributed by atoms with Crippen LogP contribution in [0, 0.1) is 0 Å². The Morgan fingerprint density at radius 2 is 1.94 bits per heavy atom. The summed E-state index contributed by atoms with van der Waals surface area (Å²) >= 11 is 0. The Hall–Kier alpha value is -4.07. The molecule has 36 heavy (non-hydrogen) atoms. The minimum absolute atomic E-state index is 0.178. The predicted molar refractivity (Wildman–Crippen MR) is 137 cm³/mol. The summed E-state index contributed by atoms with van der Waals surface area (Å²) in [4.78, 5) is 31.5. The molecular formula is C28H30N4O4. The van der Waals surface area contributed by atoms with Crippen molar-refractivity contribution in [1.29, 1.82) is 0 Å². The maximum Gasteiger partial charge on any atom is 0.410 e. The standard InChI is InChI=1S/C28H30N4O4/c1-28(2,3)36-27(34)31-13-11-24-23(17-31)22-9-8-20(15-25(22)30(24)4)32-14-10-21(16-26(32)33)35-18-19-7-5-6-12-29-19/h5-10,12,14-16H,11,13,17-18H2,1-4H3. The molecule has 8 nitrogen and oxygen atoms in total. The van der Waals surface area contributed by atoms with Gasteiger partial charge in [-0.1, -0.05) is 12.1 Å². The molecule has 1 aliphatic heterocycles. The van der Waals surface area contributed by atoms with Crippen LogP contribution in [0.4, 0.5) is 4.79 Å². The minimum Gasteiger partial charge on any atom is -0.487 e. The van der Waals surface area contributed by atoms with Crippen molar-refractivity contribution in [3.63, 3.8) is 0 Å². The molecule has 0 spiro atoms. The molecular weight excluding hydrogens is 456 g/mol. The normalized spacial score (nSPS) is 13.5. The Morgan fingerprint density at radius 3 is 2.67 bits per heavy atom. The lowest BCUT2D eigenvalue weighted by molar-refractivity contribution is 0.0223. The first-order chi connectivity index (χ1) is 17.2. The molecule has 0 unspecified atom stereocenters. The number of amides is 1. The third kappa shape index (κ3) is 4.71. The van der Waals surface area contributed by atoms with Crippen molar-refractivity contribution in [2.45, 2.75) is 45.9 Å². The second-order valence-electron chi connectivity index (χ2n) is 10.0. The van der Waals surface area contributed by atoms with E-state index in [1.54, 1.807) is 27.9 Å². The van der Waals surface area contributed by atoms with Gasteiger partial charge in [0.1, 0.15) is 18.0 Å². The maximum absolute atomic E-state index is 12.9. The van der Waals surface area contributed by atoms with Crippen LogP contribution < -0.4 is 10.3 Å². The third-order valence-corrected chi connectivity index (χ3v) is 6.32. The van der Waals surface area contributed by atoms with Crippen molar-refractivity contribution in [2.75, 3.05) is 6.54 Å². The van der Waals surface area contributed by atoms with E-state index in [2.05, 4.69) is 9.55 Å². The van der Waals surface area contributed by atoms with Crippen LogP contribution in [0.3, 0.4) is 0 Å². The van der Waals surface area contributed by atoms with Crippen molar-refractivity contribution >= 4 is 17.0 Å². The Bertz CT molecular complexity index is 1480.